The zero-order valence-electron chi connectivity index (χ0n) is 23.9. The Kier molecular flexibility index (Phi) is 7.87. The van der Waals surface area contributed by atoms with E-state index in [-0.39, 0.29) is 34.7 Å². The molecule has 0 spiro atoms. The fourth-order valence-corrected chi connectivity index (χ4v) is 6.70. The average molecular weight is 566 g/mol. The second kappa shape index (κ2) is 10.6. The van der Waals surface area contributed by atoms with Crippen LogP contribution in [0.2, 0.25) is 23.4 Å². The van der Waals surface area contributed by atoms with Crippen LogP contribution in [0.4, 0.5) is 5.82 Å². The second-order valence-corrected chi connectivity index (χ2v) is 18.2. The summed E-state index contributed by atoms with van der Waals surface area (Å²) in [5, 5.41) is 9.51. The molecule has 2 aromatic heterocycles. The minimum absolute atomic E-state index is 0.117. The van der Waals surface area contributed by atoms with E-state index in [0.717, 1.165) is 24.0 Å². The van der Waals surface area contributed by atoms with Crippen molar-refractivity contribution in [3.05, 3.63) is 11.5 Å². The number of hydrogen-bond donors (Lipinski definition) is 1. The van der Waals surface area contributed by atoms with Crippen LogP contribution >= 0.6 is 11.6 Å². The van der Waals surface area contributed by atoms with Crippen molar-refractivity contribution in [2.24, 2.45) is 0 Å². The third-order valence-electron chi connectivity index (χ3n) is 8.68. The van der Waals surface area contributed by atoms with Gasteiger partial charge in [0.05, 0.1) is 24.7 Å². The SMILES string of the molecule is CC1(C)O[C@@H]2[C@H](O1)[C@@H](CO[Si](C)(C)C(C)(C)C)O[C@@H]2Cn1ncc2c(NC3CCCCCC3)nc(Cl)nc21. The first-order valence-electron chi connectivity index (χ1n) is 14.1. The molecule has 212 valence electrons. The molecule has 0 bridgehead atoms. The van der Waals surface area contributed by atoms with Gasteiger partial charge >= 0.3 is 0 Å². The molecule has 3 aliphatic rings. The summed E-state index contributed by atoms with van der Waals surface area (Å²) < 4.78 is 27.6. The third kappa shape index (κ3) is 5.90. The highest BCUT2D eigenvalue weighted by molar-refractivity contribution is 6.74. The van der Waals surface area contributed by atoms with Gasteiger partial charge in [0.15, 0.2) is 19.8 Å². The lowest BCUT2D eigenvalue weighted by Crippen LogP contribution is -2.44. The molecule has 1 N–H and O–H groups in total. The molecule has 0 radical (unpaired) electrons. The monoisotopic (exact) mass is 565 g/mol. The lowest BCUT2D eigenvalue weighted by molar-refractivity contribution is -0.191. The van der Waals surface area contributed by atoms with E-state index in [1.54, 1.807) is 0 Å². The molecule has 0 amide bonds. The standard InChI is InChI=1S/C27H44ClN5O4Si/c1-26(2,3)38(6,7)34-16-20-22-21(36-27(4,5)37-22)19(35-20)15-33-24-18(14-29-33)23(31-25(28)32-24)30-17-12-10-8-9-11-13-17/h14,17,19-22H,8-13,15-16H2,1-7H3,(H,30,31,32)/t19-,20-,21+,22-/m1/s1. The highest BCUT2D eigenvalue weighted by atomic mass is 35.5. The number of fused-ring (bicyclic) bond motifs is 2. The number of nitrogens with zero attached hydrogens (tertiary/aromatic N) is 4. The molecule has 4 atom stereocenters. The molecule has 2 saturated heterocycles. The molecular formula is C27H44ClN5O4Si. The number of aromatic nitrogens is 4. The van der Waals surface area contributed by atoms with E-state index in [2.05, 4.69) is 54.2 Å². The summed E-state index contributed by atoms with van der Waals surface area (Å²) in [5.41, 5.74) is 0.695. The molecular weight excluding hydrogens is 522 g/mol. The summed E-state index contributed by atoms with van der Waals surface area (Å²) in [7, 11) is -1.94. The predicted molar refractivity (Wildman–Crippen MR) is 151 cm³/mol. The zero-order chi connectivity index (χ0) is 27.3. The molecule has 5 rings (SSSR count). The molecule has 3 fully saturated rings. The third-order valence-corrected chi connectivity index (χ3v) is 13.3. The first kappa shape index (κ1) is 28.2. The minimum Gasteiger partial charge on any atom is -0.414 e. The van der Waals surface area contributed by atoms with Crippen molar-refractivity contribution in [2.45, 2.75) is 134 Å². The van der Waals surface area contributed by atoms with Crippen LogP contribution in [-0.2, 0) is 25.2 Å². The van der Waals surface area contributed by atoms with Gasteiger partial charge in [-0.25, -0.2) is 4.68 Å². The molecule has 4 heterocycles. The number of halogens is 1. The van der Waals surface area contributed by atoms with Crippen LogP contribution in [0, 0.1) is 0 Å². The largest absolute Gasteiger partial charge is 0.414 e. The molecule has 38 heavy (non-hydrogen) atoms. The average Bonchev–Trinajstić information content (AvgIpc) is 3.36. The van der Waals surface area contributed by atoms with Crippen LogP contribution in [0.5, 0.6) is 0 Å². The van der Waals surface area contributed by atoms with Gasteiger partial charge in [-0.1, -0.05) is 46.5 Å². The number of anilines is 1. The molecule has 0 unspecified atom stereocenters. The Morgan fingerprint density at radius 2 is 1.74 bits per heavy atom. The van der Waals surface area contributed by atoms with Crippen LogP contribution in [0.25, 0.3) is 11.0 Å². The number of ether oxygens (including phenoxy) is 3. The van der Waals surface area contributed by atoms with Crippen LogP contribution in [0.15, 0.2) is 6.20 Å². The Hall–Kier alpha value is -1.30. The van der Waals surface area contributed by atoms with Crippen molar-refractivity contribution in [3.63, 3.8) is 0 Å². The maximum Gasteiger partial charge on any atom is 0.226 e. The Bertz CT molecular complexity index is 1130. The zero-order valence-corrected chi connectivity index (χ0v) is 25.7. The van der Waals surface area contributed by atoms with Gasteiger partial charge < -0.3 is 24.0 Å². The van der Waals surface area contributed by atoms with Crippen molar-refractivity contribution in [1.82, 2.24) is 19.7 Å². The first-order chi connectivity index (χ1) is 17.8. The first-order valence-corrected chi connectivity index (χ1v) is 17.4. The van der Waals surface area contributed by atoms with Gasteiger partial charge in [0, 0.05) is 6.04 Å². The van der Waals surface area contributed by atoms with E-state index >= 15 is 0 Å². The summed E-state index contributed by atoms with van der Waals surface area (Å²) in [6.07, 6.45) is 8.27. The highest BCUT2D eigenvalue weighted by Crippen LogP contribution is 2.41. The van der Waals surface area contributed by atoms with Gasteiger partial charge in [-0.05, 0) is 56.4 Å². The summed E-state index contributed by atoms with van der Waals surface area (Å²) >= 11 is 6.40. The second-order valence-electron chi connectivity index (χ2n) is 13.1. The number of rotatable bonds is 7. The maximum absolute atomic E-state index is 6.54. The topological polar surface area (TPSA) is 92.5 Å². The maximum atomic E-state index is 6.54. The lowest BCUT2D eigenvalue weighted by atomic mass is 10.1. The van der Waals surface area contributed by atoms with E-state index < -0.39 is 14.1 Å². The van der Waals surface area contributed by atoms with Crippen LogP contribution in [0.3, 0.4) is 0 Å². The minimum atomic E-state index is -1.94. The van der Waals surface area contributed by atoms with E-state index in [1.807, 2.05) is 24.7 Å². The van der Waals surface area contributed by atoms with Crippen LogP contribution in [-0.4, -0.2) is 70.9 Å². The Morgan fingerprint density at radius 3 is 2.39 bits per heavy atom. The number of nitrogens with one attached hydrogen (secondary N) is 1. The van der Waals surface area contributed by atoms with Crippen molar-refractivity contribution in [1.29, 1.82) is 0 Å². The molecule has 1 saturated carbocycles. The van der Waals surface area contributed by atoms with E-state index in [0.29, 0.717) is 24.8 Å². The Balaban J connectivity index is 1.35. The van der Waals surface area contributed by atoms with Crippen LogP contribution in [0.1, 0.15) is 73.1 Å². The fraction of sp³-hybridized carbons (Fsp3) is 0.815. The van der Waals surface area contributed by atoms with E-state index in [1.165, 1.54) is 25.7 Å². The molecule has 2 aromatic rings. The highest BCUT2D eigenvalue weighted by Gasteiger charge is 2.55. The van der Waals surface area contributed by atoms with Gasteiger partial charge in [-0.2, -0.15) is 15.1 Å². The molecule has 2 aliphatic heterocycles. The van der Waals surface area contributed by atoms with Crippen molar-refractivity contribution < 1.29 is 18.6 Å². The van der Waals surface area contributed by atoms with Crippen LogP contribution < -0.4 is 5.32 Å². The van der Waals surface area contributed by atoms with Crippen molar-refractivity contribution in [2.75, 3.05) is 11.9 Å². The summed E-state index contributed by atoms with van der Waals surface area (Å²) in [6.45, 7) is 16.1. The predicted octanol–water partition coefficient (Wildman–Crippen LogP) is 5.92. The van der Waals surface area contributed by atoms with Gasteiger partial charge in [-0.15, -0.1) is 0 Å². The fourth-order valence-electron chi connectivity index (χ4n) is 5.52. The molecule has 9 nitrogen and oxygen atoms in total. The van der Waals surface area contributed by atoms with Crippen molar-refractivity contribution >= 4 is 36.8 Å². The number of hydrogen-bond acceptors (Lipinski definition) is 8. The Labute approximate surface area is 232 Å². The van der Waals surface area contributed by atoms with E-state index in [9.17, 15) is 0 Å². The smallest absolute Gasteiger partial charge is 0.226 e. The van der Waals surface area contributed by atoms with Gasteiger partial charge in [0.2, 0.25) is 5.28 Å². The van der Waals surface area contributed by atoms with Gasteiger partial charge in [0.25, 0.3) is 0 Å². The quantitative estimate of drug-likeness (QED) is 0.251. The van der Waals surface area contributed by atoms with E-state index in [4.69, 9.17) is 30.2 Å². The summed E-state index contributed by atoms with van der Waals surface area (Å²) in [5.74, 6) is 0.0747. The molecule has 1 aliphatic carbocycles. The van der Waals surface area contributed by atoms with Crippen molar-refractivity contribution in [3.8, 4) is 0 Å². The summed E-state index contributed by atoms with van der Waals surface area (Å²) in [6, 6.07) is 0.391. The molecule has 11 heteroatoms. The van der Waals surface area contributed by atoms with Gasteiger partial charge in [-0.3, -0.25) is 0 Å². The van der Waals surface area contributed by atoms with Gasteiger partial charge in [0.1, 0.15) is 30.2 Å². The Morgan fingerprint density at radius 1 is 1.08 bits per heavy atom. The molecule has 0 aromatic carbocycles. The lowest BCUT2D eigenvalue weighted by Gasteiger charge is -2.37. The summed E-state index contributed by atoms with van der Waals surface area (Å²) in [4.78, 5) is 9.07. The normalized spacial score (nSPS) is 28.5.